The fraction of sp³-hybridized carbons (Fsp3) is 0.600. The molecule has 142 valence electrons. The molecule has 1 saturated heterocycles. The van der Waals surface area contributed by atoms with E-state index < -0.39 is 5.60 Å². The van der Waals surface area contributed by atoms with Crippen LogP contribution in [-0.4, -0.2) is 55.9 Å². The summed E-state index contributed by atoms with van der Waals surface area (Å²) in [5.41, 5.74) is 2.38. The molecule has 2 fully saturated rings. The first-order chi connectivity index (χ1) is 12.3. The normalized spacial score (nSPS) is 17.8. The van der Waals surface area contributed by atoms with Crippen molar-refractivity contribution in [3.05, 3.63) is 29.3 Å². The number of methoxy groups -OCH3 is 1. The molecule has 6 heteroatoms. The van der Waals surface area contributed by atoms with Gasteiger partial charge < -0.3 is 19.3 Å². The second-order valence-electron chi connectivity index (χ2n) is 7.99. The molecule has 1 aliphatic carbocycles. The molecule has 1 amide bonds. The van der Waals surface area contributed by atoms with Gasteiger partial charge in [0.25, 0.3) is 0 Å². The number of amides is 1. The summed E-state index contributed by atoms with van der Waals surface area (Å²) >= 11 is 0. The number of benzene rings is 1. The van der Waals surface area contributed by atoms with Gasteiger partial charge in [0.2, 0.25) is 0 Å². The van der Waals surface area contributed by atoms with Gasteiger partial charge in [-0.3, -0.25) is 0 Å². The van der Waals surface area contributed by atoms with Crippen LogP contribution in [0.15, 0.2) is 18.2 Å². The van der Waals surface area contributed by atoms with Gasteiger partial charge in [-0.05, 0) is 63.3 Å². The number of ether oxygens (including phenoxy) is 2. The Hall–Kier alpha value is -2.24. The number of hydrogen-bond donors (Lipinski definition) is 0. The lowest BCUT2D eigenvalue weighted by Gasteiger charge is -2.37. The molecular weight excluding hydrogens is 332 g/mol. The summed E-state index contributed by atoms with van der Waals surface area (Å²) < 4.78 is 10.4. The Morgan fingerprint density at radius 3 is 2.27 bits per heavy atom. The zero-order valence-electron chi connectivity index (χ0n) is 16.1. The quantitative estimate of drug-likeness (QED) is 0.773. The Bertz CT molecular complexity index is 684. The molecule has 6 nitrogen and oxygen atoms in total. The molecule has 2 aliphatic rings. The number of carbonyl (C=O) groups excluding carboxylic acids is 2. The fourth-order valence-electron chi connectivity index (χ4n) is 3.25. The van der Waals surface area contributed by atoms with Gasteiger partial charge in [-0.1, -0.05) is 0 Å². The highest BCUT2D eigenvalue weighted by Crippen LogP contribution is 2.43. The molecule has 0 bridgehead atoms. The number of piperazine rings is 1. The van der Waals surface area contributed by atoms with Crippen molar-refractivity contribution in [3.8, 4) is 0 Å². The maximum absolute atomic E-state index is 12.2. The van der Waals surface area contributed by atoms with Gasteiger partial charge >= 0.3 is 12.1 Å². The lowest BCUT2D eigenvalue weighted by Crippen LogP contribution is -2.50. The van der Waals surface area contributed by atoms with Gasteiger partial charge in [-0.2, -0.15) is 0 Å². The Labute approximate surface area is 155 Å². The van der Waals surface area contributed by atoms with Crippen LogP contribution in [0.4, 0.5) is 10.5 Å². The van der Waals surface area contributed by atoms with E-state index in [4.69, 9.17) is 9.47 Å². The van der Waals surface area contributed by atoms with E-state index >= 15 is 0 Å². The lowest BCUT2D eigenvalue weighted by molar-refractivity contribution is 0.0240. The van der Waals surface area contributed by atoms with Crippen LogP contribution in [0.1, 0.15) is 55.5 Å². The zero-order chi connectivity index (χ0) is 18.9. The second-order valence-corrected chi connectivity index (χ2v) is 7.99. The first kappa shape index (κ1) is 18.5. The predicted octanol–water partition coefficient (Wildman–Crippen LogP) is 3.41. The number of rotatable bonds is 3. The molecular formula is C20H28N2O4. The Morgan fingerprint density at radius 2 is 1.73 bits per heavy atom. The topological polar surface area (TPSA) is 59.1 Å². The van der Waals surface area contributed by atoms with Crippen LogP contribution in [-0.2, 0) is 9.47 Å². The minimum Gasteiger partial charge on any atom is -0.465 e. The van der Waals surface area contributed by atoms with Crippen molar-refractivity contribution in [2.75, 3.05) is 38.2 Å². The molecule has 0 spiro atoms. The highest BCUT2D eigenvalue weighted by atomic mass is 16.6. The van der Waals surface area contributed by atoms with Gasteiger partial charge in [-0.25, -0.2) is 9.59 Å². The molecule has 0 radical (unpaired) electrons. The Kier molecular flexibility index (Phi) is 5.12. The average Bonchev–Trinajstić information content (AvgIpc) is 3.44. The predicted molar refractivity (Wildman–Crippen MR) is 99.8 cm³/mol. The highest BCUT2D eigenvalue weighted by Gasteiger charge is 2.30. The highest BCUT2D eigenvalue weighted by molar-refractivity contribution is 5.92. The minimum atomic E-state index is -0.475. The summed E-state index contributed by atoms with van der Waals surface area (Å²) in [4.78, 5) is 28.2. The zero-order valence-corrected chi connectivity index (χ0v) is 16.1. The van der Waals surface area contributed by atoms with Crippen LogP contribution in [0.5, 0.6) is 0 Å². The molecule has 1 aromatic rings. The van der Waals surface area contributed by atoms with E-state index in [0.29, 0.717) is 24.6 Å². The summed E-state index contributed by atoms with van der Waals surface area (Å²) in [6.45, 7) is 8.40. The summed E-state index contributed by atoms with van der Waals surface area (Å²) in [5.74, 6) is 0.195. The molecule has 26 heavy (non-hydrogen) atoms. The molecule has 1 heterocycles. The molecule has 1 aromatic carbocycles. The third-order valence-corrected chi connectivity index (χ3v) is 4.75. The van der Waals surface area contributed by atoms with Crippen molar-refractivity contribution < 1.29 is 19.1 Å². The van der Waals surface area contributed by atoms with Gasteiger partial charge in [0.1, 0.15) is 5.60 Å². The summed E-state index contributed by atoms with van der Waals surface area (Å²) in [6.07, 6.45) is 2.00. The molecule has 0 unspecified atom stereocenters. The van der Waals surface area contributed by atoms with Crippen molar-refractivity contribution in [1.29, 1.82) is 0 Å². The molecule has 1 aliphatic heterocycles. The smallest absolute Gasteiger partial charge is 0.410 e. The maximum Gasteiger partial charge on any atom is 0.410 e. The van der Waals surface area contributed by atoms with Gasteiger partial charge in [0.05, 0.1) is 12.7 Å². The van der Waals surface area contributed by atoms with E-state index in [-0.39, 0.29) is 12.1 Å². The van der Waals surface area contributed by atoms with E-state index in [9.17, 15) is 9.59 Å². The van der Waals surface area contributed by atoms with E-state index in [1.54, 1.807) is 4.90 Å². The van der Waals surface area contributed by atoms with E-state index in [1.807, 2.05) is 32.9 Å². The standard InChI is InChI=1S/C20H28N2O4/c1-20(2,3)26-19(24)22-11-9-21(10-12-22)15-7-8-16(18(23)25-4)17(13-15)14-5-6-14/h7-8,13-14H,5-6,9-12H2,1-4H3. The number of carbonyl (C=O) groups is 2. The number of hydrogen-bond acceptors (Lipinski definition) is 5. The van der Waals surface area contributed by atoms with Gasteiger partial charge in [0, 0.05) is 31.9 Å². The van der Waals surface area contributed by atoms with E-state index in [1.165, 1.54) is 7.11 Å². The van der Waals surface area contributed by atoms with Crippen LogP contribution >= 0.6 is 0 Å². The van der Waals surface area contributed by atoms with Crippen LogP contribution in [0.25, 0.3) is 0 Å². The van der Waals surface area contributed by atoms with Gasteiger partial charge in [0.15, 0.2) is 0 Å². The average molecular weight is 360 g/mol. The van der Waals surface area contributed by atoms with Crippen molar-refractivity contribution >= 4 is 17.7 Å². The fourth-order valence-corrected chi connectivity index (χ4v) is 3.25. The molecule has 0 atom stereocenters. The van der Waals surface area contributed by atoms with Crippen LogP contribution in [0.3, 0.4) is 0 Å². The summed E-state index contributed by atoms with van der Waals surface area (Å²) in [7, 11) is 1.42. The van der Waals surface area contributed by atoms with Gasteiger partial charge in [-0.15, -0.1) is 0 Å². The first-order valence-corrected chi connectivity index (χ1v) is 9.23. The molecule has 3 rings (SSSR count). The first-order valence-electron chi connectivity index (χ1n) is 9.23. The van der Waals surface area contributed by atoms with Crippen molar-refractivity contribution in [2.24, 2.45) is 0 Å². The molecule has 1 saturated carbocycles. The number of nitrogens with zero attached hydrogens (tertiary/aromatic N) is 2. The third kappa shape index (κ3) is 4.29. The molecule has 0 aromatic heterocycles. The third-order valence-electron chi connectivity index (χ3n) is 4.75. The molecule has 0 N–H and O–H groups in total. The van der Waals surface area contributed by atoms with Crippen molar-refractivity contribution in [2.45, 2.75) is 45.1 Å². The van der Waals surface area contributed by atoms with Crippen LogP contribution < -0.4 is 4.90 Å². The largest absolute Gasteiger partial charge is 0.465 e. The van der Waals surface area contributed by atoms with Crippen molar-refractivity contribution in [3.63, 3.8) is 0 Å². The maximum atomic E-state index is 12.2. The number of esters is 1. The second kappa shape index (κ2) is 7.17. The summed E-state index contributed by atoms with van der Waals surface area (Å²) in [6, 6.07) is 5.96. The van der Waals surface area contributed by atoms with E-state index in [2.05, 4.69) is 11.0 Å². The van der Waals surface area contributed by atoms with Crippen LogP contribution in [0.2, 0.25) is 0 Å². The van der Waals surface area contributed by atoms with E-state index in [0.717, 1.165) is 37.2 Å². The SMILES string of the molecule is COC(=O)c1ccc(N2CCN(C(=O)OC(C)(C)C)CC2)cc1C1CC1. The Morgan fingerprint density at radius 1 is 1.08 bits per heavy atom. The lowest BCUT2D eigenvalue weighted by atomic mass is 10.0. The number of anilines is 1. The monoisotopic (exact) mass is 360 g/mol. The summed E-state index contributed by atoms with van der Waals surface area (Å²) in [5, 5.41) is 0. The Balaban J connectivity index is 1.67. The minimum absolute atomic E-state index is 0.253. The van der Waals surface area contributed by atoms with Crippen molar-refractivity contribution in [1.82, 2.24) is 4.90 Å². The van der Waals surface area contributed by atoms with Crippen LogP contribution in [0, 0.1) is 0 Å².